The van der Waals surface area contributed by atoms with Gasteiger partial charge in [-0.05, 0) is 31.9 Å². The molecule has 1 N–H and O–H groups in total. The highest BCUT2D eigenvalue weighted by atomic mass is 16.5. The Kier molecular flexibility index (Phi) is 4.03. The van der Waals surface area contributed by atoms with Gasteiger partial charge in [0.25, 0.3) is 5.91 Å². The van der Waals surface area contributed by atoms with E-state index in [4.69, 9.17) is 4.74 Å². The van der Waals surface area contributed by atoms with Gasteiger partial charge < -0.3 is 14.5 Å². The van der Waals surface area contributed by atoms with Crippen LogP contribution >= 0.6 is 0 Å². The molecule has 0 spiro atoms. The van der Waals surface area contributed by atoms with Crippen LogP contribution in [0.2, 0.25) is 0 Å². The van der Waals surface area contributed by atoms with E-state index in [0.29, 0.717) is 25.4 Å². The number of H-pyrrole nitrogens is 1. The molecule has 2 fully saturated rings. The summed E-state index contributed by atoms with van der Waals surface area (Å²) in [5, 5.41) is 6.56. The molecule has 0 bridgehead atoms. The molecule has 6 heteroatoms. The van der Waals surface area contributed by atoms with Crippen LogP contribution < -0.4 is 0 Å². The lowest BCUT2D eigenvalue weighted by molar-refractivity contribution is -0.0335. The molecular formula is C14H22N4O2. The predicted octanol–water partition coefficient (Wildman–Crippen LogP) is 0.592. The number of hydrogen-bond donors (Lipinski definition) is 1. The highest BCUT2D eigenvalue weighted by Gasteiger charge is 2.28. The van der Waals surface area contributed by atoms with Crippen LogP contribution in [-0.4, -0.2) is 71.8 Å². The summed E-state index contributed by atoms with van der Waals surface area (Å²) in [7, 11) is 2.14. The summed E-state index contributed by atoms with van der Waals surface area (Å²) < 4.78 is 5.79. The minimum absolute atomic E-state index is 0.0145. The zero-order valence-electron chi connectivity index (χ0n) is 11.9. The molecule has 2 heterocycles. The number of aromatic amines is 1. The molecule has 0 aromatic carbocycles. The lowest BCUT2D eigenvalue weighted by atomic mass is 10.2. The Morgan fingerprint density at radius 3 is 3.10 bits per heavy atom. The van der Waals surface area contributed by atoms with E-state index in [2.05, 4.69) is 22.1 Å². The van der Waals surface area contributed by atoms with Crippen molar-refractivity contribution in [1.82, 2.24) is 20.0 Å². The maximum Gasteiger partial charge on any atom is 0.272 e. The number of carbonyl (C=O) groups excluding carboxylic acids is 1. The van der Waals surface area contributed by atoms with Gasteiger partial charge >= 0.3 is 0 Å². The summed E-state index contributed by atoms with van der Waals surface area (Å²) in [5.41, 5.74) is 0.553. The van der Waals surface area contributed by atoms with Crippen LogP contribution in [-0.2, 0) is 4.74 Å². The van der Waals surface area contributed by atoms with E-state index in [1.165, 1.54) is 12.8 Å². The van der Waals surface area contributed by atoms with Gasteiger partial charge in [-0.2, -0.15) is 5.10 Å². The molecule has 1 aliphatic carbocycles. The van der Waals surface area contributed by atoms with Crippen molar-refractivity contribution in [2.45, 2.75) is 18.9 Å². The van der Waals surface area contributed by atoms with Crippen molar-refractivity contribution in [3.63, 3.8) is 0 Å². The van der Waals surface area contributed by atoms with E-state index in [-0.39, 0.29) is 12.0 Å². The molecular weight excluding hydrogens is 256 g/mol. The maximum atomic E-state index is 12.3. The number of morpholine rings is 1. The zero-order valence-corrected chi connectivity index (χ0v) is 11.9. The fourth-order valence-corrected chi connectivity index (χ4v) is 2.72. The van der Waals surface area contributed by atoms with Crippen molar-refractivity contribution in [2.75, 3.05) is 39.8 Å². The third kappa shape index (κ3) is 3.37. The molecule has 1 amide bonds. The summed E-state index contributed by atoms with van der Waals surface area (Å²) in [6.45, 7) is 3.97. The number of amides is 1. The molecule has 1 aliphatic heterocycles. The van der Waals surface area contributed by atoms with Crippen LogP contribution in [0.3, 0.4) is 0 Å². The number of carbonyl (C=O) groups is 1. The molecule has 2 aliphatic rings. The number of aromatic nitrogens is 2. The van der Waals surface area contributed by atoms with E-state index in [0.717, 1.165) is 19.0 Å². The lowest BCUT2D eigenvalue weighted by Gasteiger charge is -2.34. The fraction of sp³-hybridized carbons (Fsp3) is 0.714. The number of likely N-dealkylation sites (N-methyl/N-ethyl adjacent to an activating group) is 1. The minimum Gasteiger partial charge on any atom is -0.373 e. The molecule has 1 aromatic rings. The number of nitrogens with zero attached hydrogens (tertiary/aromatic N) is 3. The van der Waals surface area contributed by atoms with Crippen LogP contribution in [0.5, 0.6) is 0 Å². The quantitative estimate of drug-likeness (QED) is 0.856. The first-order valence-electron chi connectivity index (χ1n) is 7.31. The zero-order chi connectivity index (χ0) is 13.9. The second-order valence-corrected chi connectivity index (χ2v) is 5.88. The van der Waals surface area contributed by atoms with Gasteiger partial charge in [0.15, 0.2) is 0 Å². The second kappa shape index (κ2) is 5.93. The van der Waals surface area contributed by atoms with E-state index in [9.17, 15) is 4.79 Å². The first-order chi connectivity index (χ1) is 9.72. The van der Waals surface area contributed by atoms with Crippen LogP contribution in [0, 0.1) is 5.92 Å². The molecule has 1 saturated heterocycles. The molecule has 1 aromatic heterocycles. The molecule has 1 saturated carbocycles. The Morgan fingerprint density at radius 2 is 2.40 bits per heavy atom. The van der Waals surface area contributed by atoms with Gasteiger partial charge in [0, 0.05) is 32.4 Å². The smallest absolute Gasteiger partial charge is 0.272 e. The number of hydrogen-bond acceptors (Lipinski definition) is 4. The maximum absolute atomic E-state index is 12.3. The van der Waals surface area contributed by atoms with Crippen molar-refractivity contribution in [1.29, 1.82) is 0 Å². The molecule has 0 radical (unpaired) electrons. The molecule has 0 unspecified atom stereocenters. The van der Waals surface area contributed by atoms with E-state index < -0.39 is 0 Å². The highest BCUT2D eigenvalue weighted by Crippen LogP contribution is 2.29. The van der Waals surface area contributed by atoms with Crippen molar-refractivity contribution in [3.05, 3.63) is 18.0 Å². The van der Waals surface area contributed by atoms with Crippen LogP contribution in [0.25, 0.3) is 0 Å². The molecule has 6 nitrogen and oxygen atoms in total. The van der Waals surface area contributed by atoms with Gasteiger partial charge in [-0.3, -0.25) is 9.89 Å². The second-order valence-electron chi connectivity index (χ2n) is 5.88. The van der Waals surface area contributed by atoms with Crippen molar-refractivity contribution in [3.8, 4) is 0 Å². The van der Waals surface area contributed by atoms with Crippen LogP contribution in [0.4, 0.5) is 0 Å². The summed E-state index contributed by atoms with van der Waals surface area (Å²) in [5.74, 6) is 0.895. The van der Waals surface area contributed by atoms with Crippen molar-refractivity contribution < 1.29 is 9.53 Å². The van der Waals surface area contributed by atoms with Crippen molar-refractivity contribution in [2.24, 2.45) is 5.92 Å². The normalized spacial score (nSPS) is 23.3. The Labute approximate surface area is 119 Å². The summed E-state index contributed by atoms with van der Waals surface area (Å²) in [6, 6.07) is 1.71. The van der Waals surface area contributed by atoms with Gasteiger partial charge in [-0.1, -0.05) is 0 Å². The van der Waals surface area contributed by atoms with Crippen LogP contribution in [0.1, 0.15) is 23.3 Å². The average molecular weight is 278 g/mol. The minimum atomic E-state index is 0.0145. The van der Waals surface area contributed by atoms with Gasteiger partial charge in [0.05, 0.1) is 12.7 Å². The third-order valence-electron chi connectivity index (χ3n) is 3.94. The van der Waals surface area contributed by atoms with E-state index in [1.807, 2.05) is 4.90 Å². The summed E-state index contributed by atoms with van der Waals surface area (Å²) in [6.07, 6.45) is 4.44. The predicted molar refractivity (Wildman–Crippen MR) is 74.5 cm³/mol. The molecule has 20 heavy (non-hydrogen) atoms. The Bertz CT molecular complexity index is 444. The standard InChI is InChI=1S/C14H22N4O2/c1-17(8-11-2-3-11)9-12-10-18(6-7-20-12)14(19)13-4-5-15-16-13/h4-5,11-12H,2-3,6-10H2,1H3,(H,15,16)/t12-/m1/s1. The Balaban J connectivity index is 1.51. The van der Waals surface area contributed by atoms with E-state index >= 15 is 0 Å². The van der Waals surface area contributed by atoms with Gasteiger partial charge in [0.1, 0.15) is 5.69 Å². The number of nitrogens with one attached hydrogen (secondary N) is 1. The molecule has 1 atom stereocenters. The van der Waals surface area contributed by atoms with Crippen LogP contribution in [0.15, 0.2) is 12.3 Å². The SMILES string of the molecule is CN(CC1CC1)C[C@@H]1CN(C(=O)c2ccn[nH]2)CCO1. The summed E-state index contributed by atoms with van der Waals surface area (Å²) in [4.78, 5) is 16.4. The highest BCUT2D eigenvalue weighted by molar-refractivity contribution is 5.92. The van der Waals surface area contributed by atoms with Gasteiger partial charge in [0.2, 0.25) is 0 Å². The monoisotopic (exact) mass is 278 g/mol. The molecule has 3 rings (SSSR count). The number of ether oxygens (including phenoxy) is 1. The third-order valence-corrected chi connectivity index (χ3v) is 3.94. The molecule has 110 valence electrons. The first-order valence-corrected chi connectivity index (χ1v) is 7.31. The Hall–Kier alpha value is -1.40. The number of rotatable bonds is 5. The van der Waals surface area contributed by atoms with Gasteiger partial charge in [-0.15, -0.1) is 0 Å². The lowest BCUT2D eigenvalue weighted by Crippen LogP contribution is -2.49. The largest absolute Gasteiger partial charge is 0.373 e. The first kappa shape index (κ1) is 13.6. The Morgan fingerprint density at radius 1 is 1.55 bits per heavy atom. The topological polar surface area (TPSA) is 61.5 Å². The fourth-order valence-electron chi connectivity index (χ4n) is 2.72. The van der Waals surface area contributed by atoms with Gasteiger partial charge in [-0.25, -0.2) is 0 Å². The average Bonchev–Trinajstić information content (AvgIpc) is 3.08. The van der Waals surface area contributed by atoms with E-state index in [1.54, 1.807) is 12.3 Å². The van der Waals surface area contributed by atoms with Crippen molar-refractivity contribution >= 4 is 5.91 Å². The summed E-state index contributed by atoms with van der Waals surface area (Å²) >= 11 is 0.